The number of nitrogens with one attached hydrogen (secondary N) is 1. The summed E-state index contributed by atoms with van der Waals surface area (Å²) in [7, 11) is 0. The van der Waals surface area contributed by atoms with Crippen molar-refractivity contribution in [3.63, 3.8) is 0 Å². The third-order valence-electron chi connectivity index (χ3n) is 4.35. The maximum absolute atomic E-state index is 11.6. The zero-order valence-corrected chi connectivity index (χ0v) is 11.7. The van der Waals surface area contributed by atoms with E-state index in [-0.39, 0.29) is 6.03 Å². The van der Waals surface area contributed by atoms with Crippen LogP contribution in [0.2, 0.25) is 0 Å². The van der Waals surface area contributed by atoms with E-state index < -0.39 is 0 Å². The second-order valence-corrected chi connectivity index (χ2v) is 5.75. The number of carbonyl (C=O) groups is 1. The molecule has 5 heteroatoms. The standard InChI is InChI=1S/C15H21N3O2/c1-11(8-12-2-4-14(19)5-3-12)17-6-7-18-13(10-17)9-16-15(18)20/h2-5,11,13,19H,6-10H2,1H3,(H,16,20). The number of hydrogen-bond donors (Lipinski definition) is 2. The maximum Gasteiger partial charge on any atom is 0.317 e. The molecule has 0 aromatic heterocycles. The summed E-state index contributed by atoms with van der Waals surface area (Å²) in [5.41, 5.74) is 1.23. The molecular weight excluding hydrogens is 254 g/mol. The minimum absolute atomic E-state index is 0.0841. The minimum Gasteiger partial charge on any atom is -0.508 e. The Bertz CT molecular complexity index is 488. The third-order valence-corrected chi connectivity index (χ3v) is 4.35. The lowest BCUT2D eigenvalue weighted by molar-refractivity contribution is 0.0938. The van der Waals surface area contributed by atoms with Crippen molar-refractivity contribution in [2.24, 2.45) is 0 Å². The molecule has 0 bridgehead atoms. The number of phenolic OH excluding ortho intramolecular Hbond substituents is 1. The molecule has 1 aromatic carbocycles. The number of hydrogen-bond acceptors (Lipinski definition) is 3. The van der Waals surface area contributed by atoms with Crippen LogP contribution in [-0.2, 0) is 6.42 Å². The van der Waals surface area contributed by atoms with Crippen molar-refractivity contribution in [3.05, 3.63) is 29.8 Å². The largest absolute Gasteiger partial charge is 0.508 e. The van der Waals surface area contributed by atoms with Crippen molar-refractivity contribution < 1.29 is 9.90 Å². The summed E-state index contributed by atoms with van der Waals surface area (Å²) in [5.74, 6) is 0.311. The van der Waals surface area contributed by atoms with Gasteiger partial charge in [-0.25, -0.2) is 4.79 Å². The first kappa shape index (κ1) is 13.2. The van der Waals surface area contributed by atoms with E-state index in [0.29, 0.717) is 17.8 Å². The Morgan fingerprint density at radius 2 is 2.10 bits per heavy atom. The minimum atomic E-state index is 0.0841. The fourth-order valence-electron chi connectivity index (χ4n) is 3.13. The highest BCUT2D eigenvalue weighted by molar-refractivity contribution is 5.77. The fraction of sp³-hybridized carbons (Fsp3) is 0.533. The Morgan fingerprint density at radius 1 is 1.35 bits per heavy atom. The smallest absolute Gasteiger partial charge is 0.317 e. The molecule has 2 saturated heterocycles. The molecule has 2 amide bonds. The zero-order valence-electron chi connectivity index (χ0n) is 11.7. The lowest BCUT2D eigenvalue weighted by Gasteiger charge is -2.39. The molecule has 2 N–H and O–H groups in total. The average molecular weight is 275 g/mol. The number of aromatic hydroxyl groups is 1. The van der Waals surface area contributed by atoms with Crippen LogP contribution in [0.25, 0.3) is 0 Å². The topological polar surface area (TPSA) is 55.8 Å². The number of amides is 2. The van der Waals surface area contributed by atoms with Crippen LogP contribution in [0, 0.1) is 0 Å². The number of urea groups is 1. The van der Waals surface area contributed by atoms with Crippen LogP contribution < -0.4 is 5.32 Å². The Labute approximate surface area is 119 Å². The summed E-state index contributed by atoms with van der Waals surface area (Å²) >= 11 is 0. The lowest BCUT2D eigenvalue weighted by atomic mass is 10.0. The summed E-state index contributed by atoms with van der Waals surface area (Å²) in [4.78, 5) is 16.0. The van der Waals surface area contributed by atoms with Crippen molar-refractivity contribution in [2.45, 2.75) is 25.4 Å². The maximum atomic E-state index is 11.6. The van der Waals surface area contributed by atoms with Gasteiger partial charge in [0.05, 0.1) is 6.04 Å². The van der Waals surface area contributed by atoms with Gasteiger partial charge in [0.1, 0.15) is 5.75 Å². The van der Waals surface area contributed by atoms with Gasteiger partial charge in [0, 0.05) is 32.2 Å². The molecule has 0 radical (unpaired) electrons. The normalized spacial score (nSPS) is 24.4. The van der Waals surface area contributed by atoms with Gasteiger partial charge < -0.3 is 15.3 Å². The molecule has 5 nitrogen and oxygen atoms in total. The van der Waals surface area contributed by atoms with Crippen molar-refractivity contribution >= 4 is 6.03 Å². The highest BCUT2D eigenvalue weighted by Gasteiger charge is 2.36. The fourth-order valence-corrected chi connectivity index (χ4v) is 3.13. The van der Waals surface area contributed by atoms with E-state index in [1.807, 2.05) is 17.0 Å². The molecule has 2 aliphatic rings. The predicted molar refractivity (Wildman–Crippen MR) is 76.7 cm³/mol. The lowest BCUT2D eigenvalue weighted by Crippen LogP contribution is -2.54. The molecule has 0 aliphatic carbocycles. The molecule has 2 atom stereocenters. The predicted octanol–water partition coefficient (Wildman–Crippen LogP) is 1.03. The number of nitrogens with zero attached hydrogens (tertiary/aromatic N) is 2. The molecule has 2 heterocycles. The molecular formula is C15H21N3O2. The SMILES string of the molecule is CC(Cc1ccc(O)cc1)N1CCN2C(=O)NCC2C1. The molecule has 2 unspecified atom stereocenters. The number of phenols is 1. The Hall–Kier alpha value is -1.75. The third kappa shape index (κ3) is 2.58. The quantitative estimate of drug-likeness (QED) is 0.866. The van der Waals surface area contributed by atoms with Gasteiger partial charge in [-0.05, 0) is 31.0 Å². The van der Waals surface area contributed by atoms with Gasteiger partial charge in [-0.3, -0.25) is 4.90 Å². The van der Waals surface area contributed by atoms with E-state index in [4.69, 9.17) is 0 Å². The molecule has 1 aromatic rings. The monoisotopic (exact) mass is 275 g/mol. The number of piperazine rings is 1. The summed E-state index contributed by atoms with van der Waals surface area (Å²) in [5, 5.41) is 12.2. The molecule has 3 rings (SSSR count). The van der Waals surface area contributed by atoms with Crippen LogP contribution in [0.3, 0.4) is 0 Å². The van der Waals surface area contributed by atoms with E-state index in [9.17, 15) is 9.90 Å². The van der Waals surface area contributed by atoms with Crippen LogP contribution in [0.1, 0.15) is 12.5 Å². The van der Waals surface area contributed by atoms with Crippen LogP contribution in [0.4, 0.5) is 4.79 Å². The first-order chi connectivity index (χ1) is 9.63. The second-order valence-electron chi connectivity index (χ2n) is 5.75. The van der Waals surface area contributed by atoms with Gasteiger partial charge in [-0.15, -0.1) is 0 Å². The number of rotatable bonds is 3. The summed E-state index contributed by atoms with van der Waals surface area (Å²) in [6, 6.07) is 8.27. The van der Waals surface area contributed by atoms with Crippen LogP contribution >= 0.6 is 0 Å². The van der Waals surface area contributed by atoms with Gasteiger partial charge in [-0.1, -0.05) is 12.1 Å². The molecule has 20 heavy (non-hydrogen) atoms. The van der Waals surface area contributed by atoms with Gasteiger partial charge in [0.2, 0.25) is 0 Å². The van der Waals surface area contributed by atoms with E-state index in [0.717, 1.165) is 32.6 Å². The molecule has 2 aliphatic heterocycles. The molecule has 0 spiro atoms. The van der Waals surface area contributed by atoms with Crippen LogP contribution in [0.15, 0.2) is 24.3 Å². The van der Waals surface area contributed by atoms with Gasteiger partial charge in [-0.2, -0.15) is 0 Å². The average Bonchev–Trinajstić information content (AvgIpc) is 2.82. The Kier molecular flexibility index (Phi) is 3.53. The number of benzene rings is 1. The van der Waals surface area contributed by atoms with Crippen LogP contribution in [-0.4, -0.2) is 59.2 Å². The summed E-state index contributed by atoms with van der Waals surface area (Å²) in [6.45, 7) is 5.69. The van der Waals surface area contributed by atoms with Crippen molar-refractivity contribution in [2.75, 3.05) is 26.2 Å². The molecule has 108 valence electrons. The van der Waals surface area contributed by atoms with Gasteiger partial charge in [0.15, 0.2) is 0 Å². The van der Waals surface area contributed by atoms with E-state index in [1.54, 1.807) is 12.1 Å². The Morgan fingerprint density at radius 3 is 2.85 bits per heavy atom. The first-order valence-corrected chi connectivity index (χ1v) is 7.20. The molecule has 0 saturated carbocycles. The van der Waals surface area contributed by atoms with Crippen molar-refractivity contribution in [3.8, 4) is 5.75 Å². The first-order valence-electron chi connectivity index (χ1n) is 7.20. The second kappa shape index (κ2) is 5.32. The number of fused-ring (bicyclic) bond motifs is 1. The van der Waals surface area contributed by atoms with E-state index in [2.05, 4.69) is 17.1 Å². The van der Waals surface area contributed by atoms with E-state index in [1.165, 1.54) is 5.56 Å². The highest BCUT2D eigenvalue weighted by atomic mass is 16.3. The number of carbonyl (C=O) groups excluding carboxylic acids is 1. The highest BCUT2D eigenvalue weighted by Crippen LogP contribution is 2.19. The van der Waals surface area contributed by atoms with E-state index >= 15 is 0 Å². The van der Waals surface area contributed by atoms with Gasteiger partial charge in [0.25, 0.3) is 0 Å². The van der Waals surface area contributed by atoms with Crippen LogP contribution in [0.5, 0.6) is 5.75 Å². The van der Waals surface area contributed by atoms with Gasteiger partial charge >= 0.3 is 6.03 Å². The van der Waals surface area contributed by atoms with Crippen molar-refractivity contribution in [1.82, 2.24) is 15.1 Å². The summed E-state index contributed by atoms with van der Waals surface area (Å²) < 4.78 is 0. The Balaban J connectivity index is 1.59. The summed E-state index contributed by atoms with van der Waals surface area (Å²) in [6.07, 6.45) is 0.967. The van der Waals surface area contributed by atoms with Crippen molar-refractivity contribution in [1.29, 1.82) is 0 Å². The molecule has 2 fully saturated rings. The zero-order chi connectivity index (χ0) is 14.1.